The molecule has 146 valence electrons. The van der Waals surface area contributed by atoms with Crippen LogP contribution in [0.15, 0.2) is 30.6 Å². The Morgan fingerprint density at radius 1 is 1.11 bits per heavy atom. The Bertz CT molecular complexity index is 733. The number of hydrogen-bond donors (Lipinski definition) is 2. The summed E-state index contributed by atoms with van der Waals surface area (Å²) in [6, 6.07) is 7.85. The van der Waals surface area contributed by atoms with Crippen LogP contribution < -0.4 is 10.6 Å². The van der Waals surface area contributed by atoms with Gasteiger partial charge < -0.3 is 15.4 Å². The summed E-state index contributed by atoms with van der Waals surface area (Å²) in [6.45, 7) is 9.91. The number of benzene rings is 1. The van der Waals surface area contributed by atoms with Gasteiger partial charge in [0, 0.05) is 32.0 Å². The summed E-state index contributed by atoms with van der Waals surface area (Å²) in [7, 11) is 1.67. The van der Waals surface area contributed by atoms with Crippen molar-refractivity contribution >= 4 is 17.4 Å². The smallest absolute Gasteiger partial charge is 0.274 e. The van der Waals surface area contributed by atoms with Crippen LogP contribution in [0.1, 0.15) is 67.6 Å². The first-order valence-electron chi connectivity index (χ1n) is 9.43. The molecule has 0 aliphatic heterocycles. The summed E-state index contributed by atoms with van der Waals surface area (Å²) in [5.41, 5.74) is 3.48. The molecule has 6 heteroatoms. The summed E-state index contributed by atoms with van der Waals surface area (Å²) in [5, 5.41) is 6.27. The van der Waals surface area contributed by atoms with Crippen molar-refractivity contribution in [3.05, 3.63) is 47.4 Å². The number of carbonyl (C=O) groups excluding carboxylic acids is 1. The van der Waals surface area contributed by atoms with Gasteiger partial charge in [0.2, 0.25) is 0 Å². The highest BCUT2D eigenvalue weighted by molar-refractivity contribution is 6.04. The Labute approximate surface area is 161 Å². The lowest BCUT2D eigenvalue weighted by atomic mass is 9.92. The number of aromatic nitrogens is 2. The van der Waals surface area contributed by atoms with Gasteiger partial charge in [-0.15, -0.1) is 0 Å². The summed E-state index contributed by atoms with van der Waals surface area (Å²) < 4.78 is 5.03. The van der Waals surface area contributed by atoms with Gasteiger partial charge in [0.05, 0.1) is 0 Å². The summed E-state index contributed by atoms with van der Waals surface area (Å²) >= 11 is 0. The Kier molecular flexibility index (Phi) is 7.73. The van der Waals surface area contributed by atoms with Crippen LogP contribution in [-0.2, 0) is 4.74 Å². The Hall–Kier alpha value is -2.47. The summed E-state index contributed by atoms with van der Waals surface area (Å²) in [6.07, 6.45) is 2.27. The molecule has 0 saturated carbocycles. The molecular formula is C21H30N4O2. The fourth-order valence-electron chi connectivity index (χ4n) is 2.88. The van der Waals surface area contributed by atoms with Crippen LogP contribution in [0.3, 0.4) is 0 Å². The zero-order valence-electron chi connectivity index (χ0n) is 16.9. The van der Waals surface area contributed by atoms with E-state index in [2.05, 4.69) is 60.4 Å². The molecule has 1 aromatic carbocycles. The summed E-state index contributed by atoms with van der Waals surface area (Å²) in [5.74, 6) is 1.02. The molecule has 1 heterocycles. The summed E-state index contributed by atoms with van der Waals surface area (Å²) in [4.78, 5) is 21.2. The number of para-hydroxylation sites is 1. The van der Waals surface area contributed by atoms with Crippen molar-refractivity contribution in [1.29, 1.82) is 0 Å². The van der Waals surface area contributed by atoms with Crippen molar-refractivity contribution in [2.45, 2.75) is 46.0 Å². The second-order valence-electron chi connectivity index (χ2n) is 7.14. The van der Waals surface area contributed by atoms with Gasteiger partial charge in [-0.05, 0) is 29.4 Å². The highest BCUT2D eigenvalue weighted by Crippen LogP contribution is 2.32. The molecule has 0 spiro atoms. The monoisotopic (exact) mass is 370 g/mol. The molecule has 2 rings (SSSR count). The molecule has 0 atom stereocenters. The predicted octanol–water partition coefficient (Wildman–Crippen LogP) is 4.42. The lowest BCUT2D eigenvalue weighted by molar-refractivity contribution is 0.102. The minimum atomic E-state index is -0.229. The van der Waals surface area contributed by atoms with Crippen LogP contribution in [0.25, 0.3) is 0 Å². The van der Waals surface area contributed by atoms with Gasteiger partial charge in [0.15, 0.2) is 0 Å². The van der Waals surface area contributed by atoms with Crippen LogP contribution in [-0.4, -0.2) is 36.1 Å². The molecule has 0 aliphatic carbocycles. The predicted molar refractivity (Wildman–Crippen MR) is 110 cm³/mol. The molecule has 0 radical (unpaired) electrons. The van der Waals surface area contributed by atoms with Gasteiger partial charge in [-0.25, -0.2) is 9.97 Å². The van der Waals surface area contributed by atoms with Crippen LogP contribution in [0, 0.1) is 0 Å². The van der Waals surface area contributed by atoms with Gasteiger partial charge >= 0.3 is 0 Å². The van der Waals surface area contributed by atoms with Crippen LogP contribution >= 0.6 is 0 Å². The van der Waals surface area contributed by atoms with Crippen molar-refractivity contribution in [1.82, 2.24) is 9.97 Å². The molecule has 0 fully saturated rings. The minimum Gasteiger partial charge on any atom is -0.385 e. The van der Waals surface area contributed by atoms with Crippen molar-refractivity contribution < 1.29 is 9.53 Å². The van der Waals surface area contributed by atoms with Crippen molar-refractivity contribution in [3.8, 4) is 0 Å². The SMILES string of the molecule is COCCCNc1cc(C(=O)Nc2c(C(C)C)cccc2C(C)C)ncn1. The first kappa shape index (κ1) is 20.8. The van der Waals surface area contributed by atoms with Crippen molar-refractivity contribution in [2.24, 2.45) is 0 Å². The van der Waals surface area contributed by atoms with Gasteiger partial charge in [0.1, 0.15) is 17.8 Å². The van der Waals surface area contributed by atoms with Gasteiger partial charge in [-0.2, -0.15) is 0 Å². The third kappa shape index (κ3) is 5.76. The van der Waals surface area contributed by atoms with Gasteiger partial charge in [0.25, 0.3) is 5.91 Å². The minimum absolute atomic E-state index is 0.229. The van der Waals surface area contributed by atoms with E-state index in [0.29, 0.717) is 30.0 Å². The van der Waals surface area contributed by atoms with Crippen molar-refractivity contribution in [3.63, 3.8) is 0 Å². The van der Waals surface area contributed by atoms with Gasteiger partial charge in [-0.1, -0.05) is 45.9 Å². The molecule has 0 bridgehead atoms. The van der Waals surface area contributed by atoms with Crippen LogP contribution in [0.2, 0.25) is 0 Å². The van der Waals surface area contributed by atoms with Gasteiger partial charge in [-0.3, -0.25) is 4.79 Å². The maximum atomic E-state index is 12.8. The van der Waals surface area contributed by atoms with Crippen LogP contribution in [0.4, 0.5) is 11.5 Å². The van der Waals surface area contributed by atoms with E-state index in [1.165, 1.54) is 6.33 Å². The molecule has 0 unspecified atom stereocenters. The van der Waals surface area contributed by atoms with E-state index in [0.717, 1.165) is 29.8 Å². The number of nitrogens with zero attached hydrogens (tertiary/aromatic N) is 2. The van der Waals surface area contributed by atoms with E-state index in [1.807, 2.05) is 6.07 Å². The number of ether oxygens (including phenoxy) is 1. The van der Waals surface area contributed by atoms with Crippen LogP contribution in [0.5, 0.6) is 0 Å². The Morgan fingerprint density at radius 2 is 1.78 bits per heavy atom. The van der Waals surface area contributed by atoms with E-state index >= 15 is 0 Å². The molecular weight excluding hydrogens is 340 g/mol. The number of nitrogens with one attached hydrogen (secondary N) is 2. The number of amides is 1. The molecule has 27 heavy (non-hydrogen) atoms. The van der Waals surface area contributed by atoms with E-state index in [9.17, 15) is 4.79 Å². The van der Waals surface area contributed by atoms with E-state index in [1.54, 1.807) is 13.2 Å². The van der Waals surface area contributed by atoms with E-state index in [4.69, 9.17) is 4.74 Å². The quantitative estimate of drug-likeness (QED) is 0.639. The number of rotatable bonds is 9. The highest BCUT2D eigenvalue weighted by Gasteiger charge is 2.17. The zero-order valence-corrected chi connectivity index (χ0v) is 16.9. The lowest BCUT2D eigenvalue weighted by Crippen LogP contribution is -2.18. The third-order valence-electron chi connectivity index (χ3n) is 4.34. The lowest BCUT2D eigenvalue weighted by Gasteiger charge is -2.20. The first-order valence-corrected chi connectivity index (χ1v) is 9.43. The van der Waals surface area contributed by atoms with E-state index < -0.39 is 0 Å². The first-order chi connectivity index (χ1) is 12.9. The second-order valence-corrected chi connectivity index (χ2v) is 7.14. The van der Waals surface area contributed by atoms with E-state index in [-0.39, 0.29) is 5.91 Å². The number of anilines is 2. The topological polar surface area (TPSA) is 76.1 Å². The number of hydrogen-bond acceptors (Lipinski definition) is 5. The number of methoxy groups -OCH3 is 1. The highest BCUT2D eigenvalue weighted by atomic mass is 16.5. The number of carbonyl (C=O) groups is 1. The average Bonchev–Trinajstić information content (AvgIpc) is 2.65. The fraction of sp³-hybridized carbons (Fsp3) is 0.476. The molecule has 6 nitrogen and oxygen atoms in total. The standard InChI is InChI=1S/C21H30N4O2/c1-14(2)16-8-6-9-17(15(3)4)20(16)25-21(26)18-12-19(24-13-23-18)22-10-7-11-27-5/h6,8-9,12-15H,7,10-11H2,1-5H3,(H,25,26)(H,22,23,24). The molecule has 2 N–H and O–H groups in total. The largest absolute Gasteiger partial charge is 0.385 e. The second kappa shape index (κ2) is 10.0. The maximum absolute atomic E-state index is 12.8. The zero-order chi connectivity index (χ0) is 19.8. The Balaban J connectivity index is 2.20. The fourth-order valence-corrected chi connectivity index (χ4v) is 2.88. The average molecular weight is 370 g/mol. The Morgan fingerprint density at radius 3 is 2.37 bits per heavy atom. The molecule has 2 aromatic rings. The molecule has 0 aliphatic rings. The normalized spacial score (nSPS) is 11.1. The molecule has 0 saturated heterocycles. The maximum Gasteiger partial charge on any atom is 0.274 e. The van der Waals surface area contributed by atoms with Crippen molar-refractivity contribution in [2.75, 3.05) is 30.9 Å². The molecule has 1 aromatic heterocycles. The third-order valence-corrected chi connectivity index (χ3v) is 4.34. The molecule has 1 amide bonds.